The number of urea groups is 1. The third-order valence-corrected chi connectivity index (χ3v) is 5.62. The highest BCUT2D eigenvalue weighted by Gasteiger charge is 2.37. The van der Waals surface area contributed by atoms with Crippen LogP contribution in [-0.2, 0) is 9.59 Å². The molecule has 4 amide bonds. The average Bonchev–Trinajstić information content (AvgIpc) is 2.88. The number of halogens is 1. The number of nitro benzene ring substituents is 2. The van der Waals surface area contributed by atoms with Crippen LogP contribution < -0.4 is 19.7 Å². The Labute approximate surface area is 222 Å². The molecule has 3 aromatic carbocycles. The quantitative estimate of drug-likeness (QED) is 0.184. The maximum atomic E-state index is 13.1. The van der Waals surface area contributed by atoms with E-state index in [0.29, 0.717) is 4.90 Å². The molecule has 39 heavy (non-hydrogen) atoms. The number of carbonyl (C=O) groups is 3. The van der Waals surface area contributed by atoms with Crippen LogP contribution in [0.25, 0.3) is 6.08 Å². The number of barbiturate groups is 1. The topological polar surface area (TPSA) is 191 Å². The second-order valence-corrected chi connectivity index (χ2v) is 8.18. The zero-order valence-electron chi connectivity index (χ0n) is 19.6. The summed E-state index contributed by atoms with van der Waals surface area (Å²) >= 11 is 6.34. The number of amides is 4. The molecule has 0 radical (unpaired) electrons. The molecular formula is C24H15ClN4O10. The first-order valence-corrected chi connectivity index (χ1v) is 11.1. The van der Waals surface area contributed by atoms with Gasteiger partial charge in [0.2, 0.25) is 5.75 Å². The van der Waals surface area contributed by atoms with Gasteiger partial charge in [0, 0.05) is 6.07 Å². The van der Waals surface area contributed by atoms with E-state index in [4.69, 9.17) is 21.1 Å². The monoisotopic (exact) mass is 554 g/mol. The number of imide groups is 2. The lowest BCUT2D eigenvalue weighted by Gasteiger charge is -2.26. The minimum atomic E-state index is -0.989. The van der Waals surface area contributed by atoms with Crippen LogP contribution in [0.4, 0.5) is 21.9 Å². The van der Waals surface area contributed by atoms with E-state index in [1.54, 1.807) is 0 Å². The third-order valence-electron chi connectivity index (χ3n) is 5.33. The van der Waals surface area contributed by atoms with Crippen molar-refractivity contribution in [1.29, 1.82) is 0 Å². The van der Waals surface area contributed by atoms with Crippen molar-refractivity contribution in [3.63, 3.8) is 0 Å². The molecule has 1 heterocycles. The molecule has 0 unspecified atom stereocenters. The van der Waals surface area contributed by atoms with Crippen molar-refractivity contribution in [1.82, 2.24) is 5.32 Å². The predicted octanol–water partition coefficient (Wildman–Crippen LogP) is 4.33. The molecule has 2 N–H and O–H groups in total. The van der Waals surface area contributed by atoms with Gasteiger partial charge in [-0.1, -0.05) is 11.6 Å². The number of phenolic OH excluding ortho intramolecular Hbond substituents is 1. The van der Waals surface area contributed by atoms with Gasteiger partial charge in [-0.3, -0.25) is 35.1 Å². The zero-order valence-corrected chi connectivity index (χ0v) is 20.4. The highest BCUT2D eigenvalue weighted by atomic mass is 35.5. The fraction of sp³-hybridized carbons (Fsp3) is 0.0417. The Balaban J connectivity index is 1.71. The van der Waals surface area contributed by atoms with Crippen LogP contribution in [0.15, 0.2) is 60.2 Å². The van der Waals surface area contributed by atoms with Crippen LogP contribution in [0.3, 0.4) is 0 Å². The van der Waals surface area contributed by atoms with Crippen molar-refractivity contribution in [2.45, 2.75) is 0 Å². The number of benzene rings is 3. The lowest BCUT2D eigenvalue weighted by molar-refractivity contribution is -0.394. The van der Waals surface area contributed by atoms with E-state index in [2.05, 4.69) is 5.32 Å². The van der Waals surface area contributed by atoms with Crippen molar-refractivity contribution in [3.05, 3.63) is 91.0 Å². The van der Waals surface area contributed by atoms with E-state index in [9.17, 15) is 39.7 Å². The molecular weight excluding hydrogens is 540 g/mol. The number of aromatic hydroxyl groups is 1. The summed E-state index contributed by atoms with van der Waals surface area (Å²) in [4.78, 5) is 59.4. The lowest BCUT2D eigenvalue weighted by Crippen LogP contribution is -2.54. The third kappa shape index (κ3) is 5.30. The molecule has 14 nitrogen and oxygen atoms in total. The number of non-ortho nitro benzene ring substituents is 1. The Bertz CT molecular complexity index is 1590. The van der Waals surface area contributed by atoms with E-state index in [-0.39, 0.29) is 39.3 Å². The largest absolute Gasteiger partial charge is 0.508 e. The molecule has 0 bridgehead atoms. The Kier molecular flexibility index (Phi) is 7.13. The summed E-state index contributed by atoms with van der Waals surface area (Å²) in [5.74, 6) is -2.63. The first-order valence-electron chi connectivity index (χ1n) is 10.7. The molecule has 1 fully saturated rings. The van der Waals surface area contributed by atoms with Crippen molar-refractivity contribution < 1.29 is 38.8 Å². The second-order valence-electron chi connectivity index (χ2n) is 7.78. The Morgan fingerprint density at radius 2 is 1.67 bits per heavy atom. The van der Waals surface area contributed by atoms with E-state index >= 15 is 0 Å². The number of nitrogens with one attached hydrogen (secondary N) is 1. The summed E-state index contributed by atoms with van der Waals surface area (Å²) in [6, 6.07) is 9.49. The number of nitrogens with zero attached hydrogens (tertiary/aromatic N) is 3. The number of anilines is 1. The predicted molar refractivity (Wildman–Crippen MR) is 135 cm³/mol. The summed E-state index contributed by atoms with van der Waals surface area (Å²) < 4.78 is 10.9. The molecule has 0 saturated carbocycles. The maximum absolute atomic E-state index is 13.1. The number of rotatable bonds is 7. The zero-order chi connectivity index (χ0) is 28.4. The van der Waals surface area contributed by atoms with Gasteiger partial charge in [0.1, 0.15) is 11.3 Å². The van der Waals surface area contributed by atoms with Crippen LogP contribution in [0.2, 0.25) is 5.02 Å². The normalized spacial score (nSPS) is 14.3. The van der Waals surface area contributed by atoms with Crippen LogP contribution in [-0.4, -0.2) is 39.9 Å². The van der Waals surface area contributed by atoms with Crippen LogP contribution in [0, 0.1) is 20.2 Å². The van der Waals surface area contributed by atoms with Gasteiger partial charge in [0.15, 0.2) is 11.5 Å². The van der Waals surface area contributed by atoms with Gasteiger partial charge in [-0.05, 0) is 54.1 Å². The second kappa shape index (κ2) is 10.5. The fourth-order valence-electron chi connectivity index (χ4n) is 3.54. The molecule has 15 heteroatoms. The summed E-state index contributed by atoms with van der Waals surface area (Å²) in [7, 11) is 1.24. The highest BCUT2D eigenvalue weighted by Crippen LogP contribution is 2.43. The van der Waals surface area contributed by atoms with E-state index in [1.165, 1.54) is 43.5 Å². The SMILES string of the molecule is COc1cc(/C=C2\C(=O)NC(=O)N(c3ccc(O)cc3)C2=O)cc(Cl)c1Oc1ccc([N+](=O)[O-])cc1[N+](=O)[O-]. The molecule has 1 saturated heterocycles. The van der Waals surface area contributed by atoms with Crippen LogP contribution in [0.5, 0.6) is 23.0 Å². The number of phenols is 1. The van der Waals surface area contributed by atoms with Crippen molar-refractivity contribution in [2.24, 2.45) is 0 Å². The van der Waals surface area contributed by atoms with Crippen molar-refractivity contribution >= 4 is 52.6 Å². The van der Waals surface area contributed by atoms with E-state index in [1.807, 2.05) is 0 Å². The molecule has 1 aliphatic rings. The van der Waals surface area contributed by atoms with Crippen LogP contribution in [0.1, 0.15) is 5.56 Å². The van der Waals surface area contributed by atoms with Gasteiger partial charge in [0.25, 0.3) is 17.5 Å². The summed E-state index contributed by atoms with van der Waals surface area (Å²) in [6.07, 6.45) is 1.14. The minimum Gasteiger partial charge on any atom is -0.508 e. The summed E-state index contributed by atoms with van der Waals surface area (Å²) in [6.45, 7) is 0. The number of ether oxygens (including phenoxy) is 2. The number of hydrogen-bond donors (Lipinski definition) is 2. The van der Waals surface area contributed by atoms with Gasteiger partial charge in [0.05, 0.1) is 33.7 Å². The Morgan fingerprint density at radius 3 is 2.28 bits per heavy atom. The smallest absolute Gasteiger partial charge is 0.335 e. The molecule has 1 aliphatic heterocycles. The highest BCUT2D eigenvalue weighted by molar-refractivity contribution is 6.39. The molecule has 0 aliphatic carbocycles. The van der Waals surface area contributed by atoms with E-state index < -0.39 is 44.6 Å². The molecule has 0 aromatic heterocycles. The number of carbonyl (C=O) groups excluding carboxylic acids is 3. The van der Waals surface area contributed by atoms with Crippen molar-refractivity contribution in [3.8, 4) is 23.0 Å². The first kappa shape index (κ1) is 26.6. The first-order chi connectivity index (χ1) is 18.5. The van der Waals surface area contributed by atoms with Crippen molar-refractivity contribution in [2.75, 3.05) is 12.0 Å². The molecule has 3 aromatic rings. The van der Waals surface area contributed by atoms with Gasteiger partial charge < -0.3 is 14.6 Å². The van der Waals surface area contributed by atoms with Gasteiger partial charge >= 0.3 is 11.7 Å². The minimum absolute atomic E-state index is 0.0582. The lowest BCUT2D eigenvalue weighted by atomic mass is 10.1. The summed E-state index contributed by atoms with van der Waals surface area (Å²) in [5.41, 5.74) is -1.39. The maximum Gasteiger partial charge on any atom is 0.335 e. The number of methoxy groups -OCH3 is 1. The molecule has 0 spiro atoms. The molecule has 198 valence electrons. The van der Waals surface area contributed by atoms with Crippen LogP contribution >= 0.6 is 11.6 Å². The number of nitro groups is 2. The fourth-order valence-corrected chi connectivity index (χ4v) is 3.80. The average molecular weight is 555 g/mol. The van der Waals surface area contributed by atoms with Gasteiger partial charge in [-0.2, -0.15) is 0 Å². The molecule has 4 rings (SSSR count). The number of hydrogen-bond acceptors (Lipinski definition) is 10. The standard InChI is InChI=1S/C24H15ClN4O10/c1-38-20-10-12(8-16-22(31)26-24(33)27(23(16)32)13-2-5-15(30)6-3-13)9-17(25)21(20)39-19-7-4-14(28(34)35)11-18(19)29(36)37/h2-11,30H,1H3,(H,26,31,33)/b16-8+. The van der Waals surface area contributed by atoms with E-state index in [0.717, 1.165) is 24.3 Å². The van der Waals surface area contributed by atoms with Gasteiger partial charge in [-0.15, -0.1) is 0 Å². The Morgan fingerprint density at radius 1 is 0.974 bits per heavy atom. The summed E-state index contributed by atoms with van der Waals surface area (Å²) in [5, 5.41) is 33.8. The Hall–Kier alpha value is -5.50. The van der Waals surface area contributed by atoms with Gasteiger partial charge in [-0.25, -0.2) is 9.69 Å². The molecule has 0 atom stereocenters.